The minimum atomic E-state index is -0.436. The van der Waals surface area contributed by atoms with E-state index in [-0.39, 0.29) is 12.2 Å². The lowest BCUT2D eigenvalue weighted by molar-refractivity contribution is -0.198. The van der Waals surface area contributed by atoms with Crippen molar-refractivity contribution >= 4 is 0 Å². The van der Waals surface area contributed by atoms with Gasteiger partial charge in [-0.2, -0.15) is 0 Å². The first-order valence-corrected chi connectivity index (χ1v) is 5.91. The van der Waals surface area contributed by atoms with Crippen LogP contribution in [0.2, 0.25) is 0 Å². The van der Waals surface area contributed by atoms with Crippen LogP contribution in [0.1, 0.15) is 37.5 Å². The summed E-state index contributed by atoms with van der Waals surface area (Å²) in [4.78, 5) is 3.16. The van der Waals surface area contributed by atoms with E-state index < -0.39 is 5.79 Å². The van der Waals surface area contributed by atoms with Gasteiger partial charge in [0.2, 0.25) is 0 Å². The molecule has 0 radical (unpaired) electrons. The molecule has 1 saturated heterocycles. The van der Waals surface area contributed by atoms with Gasteiger partial charge in [-0.15, -0.1) is 0 Å². The fourth-order valence-corrected chi connectivity index (χ4v) is 2.56. The van der Waals surface area contributed by atoms with Gasteiger partial charge in [0, 0.05) is 24.7 Å². The van der Waals surface area contributed by atoms with Gasteiger partial charge in [-0.05, 0) is 25.0 Å². The number of nitrogens with one attached hydrogen (secondary N) is 1. The van der Waals surface area contributed by atoms with Gasteiger partial charge in [0.25, 0.3) is 0 Å². The van der Waals surface area contributed by atoms with Gasteiger partial charge in [-0.25, -0.2) is 0 Å². The Bertz CT molecular complexity index is 341. The standard InChI is InChI=1S/C12H17NO3/c14-9-3-5-12(6-4-9)15-8-11(16-12)10-2-1-7-13-10/h1-2,7,9,11,13-14H,3-6,8H2. The number of aliphatic hydroxyl groups is 1. The van der Waals surface area contributed by atoms with Gasteiger partial charge in [0.05, 0.1) is 12.7 Å². The van der Waals surface area contributed by atoms with Gasteiger partial charge in [0.15, 0.2) is 5.79 Å². The maximum atomic E-state index is 9.49. The molecule has 1 saturated carbocycles. The highest BCUT2D eigenvalue weighted by Crippen LogP contribution is 2.42. The van der Waals surface area contributed by atoms with Crippen molar-refractivity contribution in [2.24, 2.45) is 0 Å². The Morgan fingerprint density at radius 2 is 2.19 bits per heavy atom. The second-order valence-corrected chi connectivity index (χ2v) is 4.68. The number of aromatic nitrogens is 1. The molecular weight excluding hydrogens is 206 g/mol. The predicted octanol–water partition coefficient (Wildman–Crippen LogP) is 1.73. The summed E-state index contributed by atoms with van der Waals surface area (Å²) in [5.74, 6) is -0.436. The van der Waals surface area contributed by atoms with Crippen molar-refractivity contribution in [3.05, 3.63) is 24.0 Å². The number of rotatable bonds is 1. The Morgan fingerprint density at radius 3 is 2.88 bits per heavy atom. The normalized spacial score (nSPS) is 39.3. The van der Waals surface area contributed by atoms with Crippen LogP contribution in [0.3, 0.4) is 0 Å². The molecule has 0 amide bonds. The molecule has 2 N–H and O–H groups in total. The van der Waals surface area contributed by atoms with E-state index in [0.29, 0.717) is 6.61 Å². The molecule has 1 spiro atoms. The third-order valence-corrected chi connectivity index (χ3v) is 3.54. The Hall–Kier alpha value is -0.840. The number of aliphatic hydroxyl groups excluding tert-OH is 1. The topological polar surface area (TPSA) is 54.5 Å². The van der Waals surface area contributed by atoms with Gasteiger partial charge in [0.1, 0.15) is 6.10 Å². The number of hydrogen-bond acceptors (Lipinski definition) is 3. The van der Waals surface area contributed by atoms with Crippen LogP contribution >= 0.6 is 0 Å². The summed E-state index contributed by atoms with van der Waals surface area (Å²) < 4.78 is 11.8. The van der Waals surface area contributed by atoms with Crippen LogP contribution in [-0.4, -0.2) is 28.6 Å². The number of H-pyrrole nitrogens is 1. The van der Waals surface area contributed by atoms with Crippen LogP contribution in [0.25, 0.3) is 0 Å². The Balaban J connectivity index is 1.68. The molecule has 16 heavy (non-hydrogen) atoms. The average Bonchev–Trinajstić information content (AvgIpc) is 2.93. The monoisotopic (exact) mass is 223 g/mol. The summed E-state index contributed by atoms with van der Waals surface area (Å²) in [5, 5.41) is 9.49. The van der Waals surface area contributed by atoms with Gasteiger partial charge >= 0.3 is 0 Å². The van der Waals surface area contributed by atoms with Crippen LogP contribution in [0, 0.1) is 0 Å². The lowest BCUT2D eigenvalue weighted by atomic mass is 9.92. The van der Waals surface area contributed by atoms with Crippen molar-refractivity contribution in [1.29, 1.82) is 0 Å². The maximum Gasteiger partial charge on any atom is 0.169 e. The van der Waals surface area contributed by atoms with Gasteiger partial charge in [-0.1, -0.05) is 0 Å². The smallest absolute Gasteiger partial charge is 0.169 e. The van der Waals surface area contributed by atoms with Crippen molar-refractivity contribution in [1.82, 2.24) is 4.98 Å². The van der Waals surface area contributed by atoms with E-state index in [1.807, 2.05) is 18.3 Å². The fraction of sp³-hybridized carbons (Fsp3) is 0.667. The molecule has 4 heteroatoms. The minimum absolute atomic E-state index is 0.0187. The largest absolute Gasteiger partial charge is 0.393 e. The predicted molar refractivity (Wildman–Crippen MR) is 57.8 cm³/mol. The first-order valence-electron chi connectivity index (χ1n) is 5.91. The molecule has 1 aromatic heterocycles. The minimum Gasteiger partial charge on any atom is -0.393 e. The number of ether oxygens (including phenoxy) is 2. The number of aromatic amines is 1. The van der Waals surface area contributed by atoms with Crippen LogP contribution in [0.15, 0.2) is 18.3 Å². The van der Waals surface area contributed by atoms with Crippen LogP contribution in [0.4, 0.5) is 0 Å². The molecule has 1 unspecified atom stereocenters. The molecule has 1 atom stereocenters. The highest BCUT2D eigenvalue weighted by atomic mass is 16.7. The van der Waals surface area contributed by atoms with Crippen LogP contribution in [-0.2, 0) is 9.47 Å². The van der Waals surface area contributed by atoms with Gasteiger partial charge in [-0.3, -0.25) is 0 Å². The van der Waals surface area contributed by atoms with E-state index in [4.69, 9.17) is 9.47 Å². The van der Waals surface area contributed by atoms with Crippen LogP contribution < -0.4 is 0 Å². The van der Waals surface area contributed by atoms with Crippen molar-refractivity contribution in [3.8, 4) is 0 Å². The Labute approximate surface area is 94.6 Å². The van der Waals surface area contributed by atoms with Crippen molar-refractivity contribution in [2.75, 3.05) is 6.61 Å². The summed E-state index contributed by atoms with van der Waals surface area (Å²) in [6.45, 7) is 0.608. The third kappa shape index (κ3) is 1.77. The van der Waals surface area contributed by atoms with E-state index in [0.717, 1.165) is 31.4 Å². The summed E-state index contributed by atoms with van der Waals surface area (Å²) in [7, 11) is 0. The molecule has 1 aliphatic heterocycles. The molecule has 0 aromatic carbocycles. The highest BCUT2D eigenvalue weighted by molar-refractivity contribution is 5.09. The summed E-state index contributed by atoms with van der Waals surface area (Å²) in [6, 6.07) is 3.99. The van der Waals surface area contributed by atoms with E-state index in [1.165, 1.54) is 0 Å². The zero-order chi connectivity index (χ0) is 11.0. The third-order valence-electron chi connectivity index (χ3n) is 3.54. The molecule has 0 bridgehead atoms. The second-order valence-electron chi connectivity index (χ2n) is 4.68. The SMILES string of the molecule is OC1CCC2(CC1)OCC(c1ccc[nH]1)O2. The van der Waals surface area contributed by atoms with E-state index in [9.17, 15) is 5.11 Å². The Morgan fingerprint density at radius 1 is 1.38 bits per heavy atom. The average molecular weight is 223 g/mol. The first kappa shape index (κ1) is 10.3. The maximum absolute atomic E-state index is 9.49. The first-order chi connectivity index (χ1) is 7.77. The Kier molecular flexibility index (Phi) is 2.50. The molecule has 3 rings (SSSR count). The van der Waals surface area contributed by atoms with E-state index in [1.54, 1.807) is 0 Å². The zero-order valence-electron chi connectivity index (χ0n) is 9.19. The molecule has 1 aliphatic carbocycles. The van der Waals surface area contributed by atoms with E-state index >= 15 is 0 Å². The zero-order valence-corrected chi connectivity index (χ0v) is 9.19. The van der Waals surface area contributed by atoms with Gasteiger partial charge < -0.3 is 19.6 Å². The van der Waals surface area contributed by atoms with Crippen molar-refractivity contribution < 1.29 is 14.6 Å². The lowest BCUT2D eigenvalue weighted by Crippen LogP contribution is -2.36. The van der Waals surface area contributed by atoms with Crippen molar-refractivity contribution in [3.63, 3.8) is 0 Å². The fourth-order valence-electron chi connectivity index (χ4n) is 2.56. The summed E-state index contributed by atoms with van der Waals surface area (Å²) in [6.07, 6.45) is 4.88. The lowest BCUT2D eigenvalue weighted by Gasteiger charge is -2.33. The molecular formula is C12H17NO3. The summed E-state index contributed by atoms with van der Waals surface area (Å²) in [5.41, 5.74) is 1.07. The second kappa shape index (κ2) is 3.87. The quantitative estimate of drug-likeness (QED) is 0.762. The highest BCUT2D eigenvalue weighted by Gasteiger charge is 2.44. The van der Waals surface area contributed by atoms with E-state index in [2.05, 4.69) is 4.98 Å². The number of hydrogen-bond donors (Lipinski definition) is 2. The molecule has 1 aromatic rings. The molecule has 2 fully saturated rings. The molecule has 4 nitrogen and oxygen atoms in total. The van der Waals surface area contributed by atoms with Crippen molar-refractivity contribution in [2.45, 2.75) is 43.7 Å². The molecule has 88 valence electrons. The molecule has 2 aliphatic rings. The van der Waals surface area contributed by atoms with Crippen LogP contribution in [0.5, 0.6) is 0 Å². The summed E-state index contributed by atoms with van der Waals surface area (Å²) >= 11 is 0. The molecule has 2 heterocycles.